The smallest absolute Gasteiger partial charge is 0.237 e. The maximum atomic E-state index is 11.4. The Bertz CT molecular complexity index is 171. The summed E-state index contributed by atoms with van der Waals surface area (Å²) in [4.78, 5) is 13.6. The molecule has 0 radical (unpaired) electrons. The molecule has 0 rings (SSSR count). The highest BCUT2D eigenvalue weighted by Crippen LogP contribution is 1.93. The zero-order chi connectivity index (χ0) is 11.1. The van der Waals surface area contributed by atoms with E-state index < -0.39 is 0 Å². The standard InChI is InChI=1S/C10H23N3O/c1-8(6-7-13(4)5)12-10(14)9(2)11-3/h8-9,11H,6-7H2,1-5H3,(H,12,14). The first-order valence-corrected chi connectivity index (χ1v) is 5.09. The number of rotatable bonds is 6. The van der Waals surface area contributed by atoms with Gasteiger partial charge in [0.05, 0.1) is 6.04 Å². The summed E-state index contributed by atoms with van der Waals surface area (Å²) >= 11 is 0. The zero-order valence-electron chi connectivity index (χ0n) is 9.92. The molecule has 0 fully saturated rings. The first kappa shape index (κ1) is 13.4. The lowest BCUT2D eigenvalue weighted by molar-refractivity contribution is -0.123. The van der Waals surface area contributed by atoms with E-state index in [2.05, 4.69) is 15.5 Å². The van der Waals surface area contributed by atoms with Crippen LogP contribution in [0.5, 0.6) is 0 Å². The molecule has 0 saturated carbocycles. The molecule has 0 spiro atoms. The van der Waals surface area contributed by atoms with E-state index in [1.807, 2.05) is 27.9 Å². The fourth-order valence-electron chi connectivity index (χ4n) is 1.02. The second-order valence-electron chi connectivity index (χ2n) is 4.01. The normalized spacial score (nSPS) is 15.3. The molecular weight excluding hydrogens is 178 g/mol. The summed E-state index contributed by atoms with van der Waals surface area (Å²) in [6.07, 6.45) is 0.981. The van der Waals surface area contributed by atoms with Gasteiger partial charge in [-0.05, 0) is 48.0 Å². The zero-order valence-corrected chi connectivity index (χ0v) is 9.92. The molecule has 0 aromatic carbocycles. The lowest BCUT2D eigenvalue weighted by Crippen LogP contribution is -2.44. The molecule has 4 nitrogen and oxygen atoms in total. The molecule has 0 aromatic rings. The summed E-state index contributed by atoms with van der Waals surface area (Å²) in [5.41, 5.74) is 0. The van der Waals surface area contributed by atoms with Crippen molar-refractivity contribution >= 4 is 5.91 Å². The van der Waals surface area contributed by atoms with Gasteiger partial charge in [-0.1, -0.05) is 0 Å². The molecule has 0 aromatic heterocycles. The van der Waals surface area contributed by atoms with Crippen molar-refractivity contribution in [1.82, 2.24) is 15.5 Å². The Morgan fingerprint density at radius 1 is 1.36 bits per heavy atom. The van der Waals surface area contributed by atoms with Crippen LogP contribution < -0.4 is 10.6 Å². The predicted octanol–water partition coefficient (Wildman–Crippen LogP) is 0.0507. The second-order valence-corrected chi connectivity index (χ2v) is 4.01. The monoisotopic (exact) mass is 201 g/mol. The van der Waals surface area contributed by atoms with Gasteiger partial charge in [0.25, 0.3) is 0 Å². The molecule has 2 unspecified atom stereocenters. The van der Waals surface area contributed by atoms with E-state index in [-0.39, 0.29) is 18.0 Å². The van der Waals surface area contributed by atoms with E-state index in [9.17, 15) is 4.79 Å². The molecule has 0 aliphatic heterocycles. The predicted molar refractivity (Wildman–Crippen MR) is 59.3 cm³/mol. The fraction of sp³-hybridized carbons (Fsp3) is 0.900. The highest BCUT2D eigenvalue weighted by molar-refractivity contribution is 5.81. The van der Waals surface area contributed by atoms with Crippen molar-refractivity contribution in [1.29, 1.82) is 0 Å². The third-order valence-corrected chi connectivity index (χ3v) is 2.22. The van der Waals surface area contributed by atoms with Crippen LogP contribution in [-0.2, 0) is 4.79 Å². The molecule has 0 bridgehead atoms. The Morgan fingerprint density at radius 3 is 2.36 bits per heavy atom. The van der Waals surface area contributed by atoms with E-state index in [0.717, 1.165) is 13.0 Å². The third-order valence-electron chi connectivity index (χ3n) is 2.22. The molecule has 4 heteroatoms. The van der Waals surface area contributed by atoms with Crippen molar-refractivity contribution in [3.8, 4) is 0 Å². The number of carbonyl (C=O) groups is 1. The van der Waals surface area contributed by atoms with Gasteiger partial charge < -0.3 is 15.5 Å². The molecule has 2 N–H and O–H groups in total. The van der Waals surface area contributed by atoms with Gasteiger partial charge in [-0.15, -0.1) is 0 Å². The van der Waals surface area contributed by atoms with E-state index in [1.54, 1.807) is 7.05 Å². The number of nitrogens with zero attached hydrogens (tertiary/aromatic N) is 1. The van der Waals surface area contributed by atoms with E-state index >= 15 is 0 Å². The van der Waals surface area contributed by atoms with Gasteiger partial charge in [0, 0.05) is 6.04 Å². The Labute approximate surface area is 87.0 Å². The Morgan fingerprint density at radius 2 is 1.93 bits per heavy atom. The van der Waals surface area contributed by atoms with Crippen LogP contribution in [-0.4, -0.2) is 50.6 Å². The number of carbonyl (C=O) groups excluding carboxylic acids is 1. The van der Waals surface area contributed by atoms with Crippen LogP contribution >= 0.6 is 0 Å². The summed E-state index contributed by atoms with van der Waals surface area (Å²) in [6.45, 7) is 4.88. The van der Waals surface area contributed by atoms with Gasteiger partial charge in [-0.25, -0.2) is 0 Å². The summed E-state index contributed by atoms with van der Waals surface area (Å²) in [6, 6.07) is 0.123. The molecule has 0 heterocycles. The minimum absolute atomic E-state index is 0.0683. The van der Waals surface area contributed by atoms with Gasteiger partial charge in [-0.2, -0.15) is 0 Å². The van der Waals surface area contributed by atoms with Crippen LogP contribution in [0.2, 0.25) is 0 Å². The average molecular weight is 201 g/mol. The van der Waals surface area contributed by atoms with Crippen molar-refractivity contribution in [3.05, 3.63) is 0 Å². The Balaban J connectivity index is 3.71. The number of likely N-dealkylation sites (N-methyl/N-ethyl adjacent to an activating group) is 1. The van der Waals surface area contributed by atoms with Crippen molar-refractivity contribution in [2.24, 2.45) is 0 Å². The van der Waals surface area contributed by atoms with Crippen molar-refractivity contribution in [2.75, 3.05) is 27.7 Å². The van der Waals surface area contributed by atoms with E-state index in [4.69, 9.17) is 0 Å². The minimum Gasteiger partial charge on any atom is -0.352 e. The van der Waals surface area contributed by atoms with Gasteiger partial charge in [0.1, 0.15) is 0 Å². The lowest BCUT2D eigenvalue weighted by atomic mass is 10.2. The Kier molecular flexibility index (Phi) is 6.49. The van der Waals surface area contributed by atoms with Gasteiger partial charge in [-0.3, -0.25) is 4.79 Å². The lowest BCUT2D eigenvalue weighted by Gasteiger charge is -2.18. The average Bonchev–Trinajstić information content (AvgIpc) is 2.13. The van der Waals surface area contributed by atoms with Crippen LogP contribution in [0.3, 0.4) is 0 Å². The number of hydrogen-bond acceptors (Lipinski definition) is 3. The fourth-order valence-corrected chi connectivity index (χ4v) is 1.02. The summed E-state index contributed by atoms with van der Waals surface area (Å²) in [7, 11) is 5.85. The van der Waals surface area contributed by atoms with Crippen LogP contribution in [0.25, 0.3) is 0 Å². The third kappa shape index (κ3) is 5.94. The molecule has 1 amide bonds. The largest absolute Gasteiger partial charge is 0.352 e. The van der Waals surface area contributed by atoms with Crippen molar-refractivity contribution in [2.45, 2.75) is 32.4 Å². The topological polar surface area (TPSA) is 44.4 Å². The first-order valence-electron chi connectivity index (χ1n) is 5.09. The van der Waals surface area contributed by atoms with Crippen molar-refractivity contribution in [3.63, 3.8) is 0 Å². The quantitative estimate of drug-likeness (QED) is 0.638. The molecule has 14 heavy (non-hydrogen) atoms. The highest BCUT2D eigenvalue weighted by atomic mass is 16.2. The van der Waals surface area contributed by atoms with E-state index in [1.165, 1.54) is 0 Å². The maximum absolute atomic E-state index is 11.4. The number of nitrogens with one attached hydrogen (secondary N) is 2. The van der Waals surface area contributed by atoms with Crippen LogP contribution in [0, 0.1) is 0 Å². The highest BCUT2D eigenvalue weighted by Gasteiger charge is 2.12. The molecular formula is C10H23N3O. The Hall–Kier alpha value is -0.610. The van der Waals surface area contributed by atoms with Crippen molar-refractivity contribution < 1.29 is 4.79 Å². The van der Waals surface area contributed by atoms with Gasteiger partial charge in [0.15, 0.2) is 0 Å². The number of amides is 1. The summed E-state index contributed by atoms with van der Waals surface area (Å²) < 4.78 is 0. The van der Waals surface area contributed by atoms with Crippen LogP contribution in [0.15, 0.2) is 0 Å². The van der Waals surface area contributed by atoms with Crippen LogP contribution in [0.1, 0.15) is 20.3 Å². The minimum atomic E-state index is -0.114. The summed E-state index contributed by atoms with van der Waals surface area (Å²) in [5, 5.41) is 5.87. The maximum Gasteiger partial charge on any atom is 0.237 e. The van der Waals surface area contributed by atoms with Gasteiger partial charge >= 0.3 is 0 Å². The van der Waals surface area contributed by atoms with Gasteiger partial charge in [0.2, 0.25) is 5.91 Å². The first-order chi connectivity index (χ1) is 6.47. The molecule has 0 aliphatic carbocycles. The molecule has 0 aliphatic rings. The molecule has 84 valence electrons. The van der Waals surface area contributed by atoms with E-state index in [0.29, 0.717) is 0 Å². The summed E-state index contributed by atoms with van der Waals surface area (Å²) in [5.74, 6) is 0.0683. The molecule has 0 saturated heterocycles. The van der Waals surface area contributed by atoms with Crippen LogP contribution in [0.4, 0.5) is 0 Å². The number of hydrogen-bond donors (Lipinski definition) is 2. The molecule has 2 atom stereocenters. The SMILES string of the molecule is CNC(C)C(=O)NC(C)CCN(C)C. The second kappa shape index (κ2) is 6.79.